The summed E-state index contributed by atoms with van der Waals surface area (Å²) in [6.45, 7) is 8.62. The number of amides is 1. The minimum Gasteiger partial charge on any atom is -0.361 e. The van der Waals surface area contributed by atoms with Gasteiger partial charge in [0, 0.05) is 41.7 Å². The van der Waals surface area contributed by atoms with Crippen LogP contribution >= 0.6 is 11.3 Å². The lowest BCUT2D eigenvalue weighted by Gasteiger charge is -2.27. The second kappa shape index (κ2) is 8.47. The quantitative estimate of drug-likeness (QED) is 0.660. The number of carbonyl (C=O) groups excluding carboxylic acids is 1. The van der Waals surface area contributed by atoms with Crippen LogP contribution in [0.5, 0.6) is 0 Å². The van der Waals surface area contributed by atoms with E-state index in [-0.39, 0.29) is 11.9 Å². The van der Waals surface area contributed by atoms with E-state index in [1.165, 1.54) is 16.0 Å². The summed E-state index contributed by atoms with van der Waals surface area (Å²) in [6, 6.07) is 5.74. The Hall–Kier alpha value is -2.51. The molecule has 3 aromatic rings. The molecule has 0 saturated heterocycles. The number of hydrogen-bond acceptors (Lipinski definition) is 6. The molecule has 1 atom stereocenters. The molecule has 0 saturated carbocycles. The molecular formula is C22H26N4O2S. The predicted octanol–water partition coefficient (Wildman–Crippen LogP) is 4.19. The summed E-state index contributed by atoms with van der Waals surface area (Å²) in [6.07, 6.45) is 3.45. The number of carbonyl (C=O) groups is 1. The van der Waals surface area contributed by atoms with Crippen LogP contribution in [0.4, 0.5) is 0 Å². The van der Waals surface area contributed by atoms with Crippen molar-refractivity contribution in [3.05, 3.63) is 68.5 Å². The van der Waals surface area contributed by atoms with Gasteiger partial charge in [-0.1, -0.05) is 18.1 Å². The van der Waals surface area contributed by atoms with Crippen LogP contribution in [0.25, 0.3) is 0 Å². The van der Waals surface area contributed by atoms with Gasteiger partial charge in [0.2, 0.25) is 0 Å². The minimum absolute atomic E-state index is 0.000762. The Morgan fingerprint density at radius 3 is 2.93 bits per heavy atom. The average Bonchev–Trinajstić information content (AvgIpc) is 3.30. The number of thiophene rings is 1. The summed E-state index contributed by atoms with van der Waals surface area (Å²) in [5.74, 6) is 0.888. The Labute approximate surface area is 174 Å². The number of aryl methyl sites for hydroxylation is 2. The molecule has 1 aliphatic heterocycles. The highest BCUT2D eigenvalue weighted by Gasteiger charge is 2.26. The van der Waals surface area contributed by atoms with E-state index >= 15 is 0 Å². The number of fused-ring (bicyclic) bond motifs is 1. The smallest absolute Gasteiger partial charge is 0.252 e. The zero-order valence-electron chi connectivity index (χ0n) is 17.1. The van der Waals surface area contributed by atoms with E-state index < -0.39 is 0 Å². The Bertz CT molecular complexity index is 976. The fraction of sp³-hybridized carbons (Fsp3) is 0.409. The number of rotatable bonds is 6. The first kappa shape index (κ1) is 19.8. The third-order valence-corrected chi connectivity index (χ3v) is 6.61. The van der Waals surface area contributed by atoms with Crippen LogP contribution in [0, 0.1) is 13.8 Å². The number of nitrogens with one attached hydrogen (secondary N) is 1. The van der Waals surface area contributed by atoms with Crippen molar-refractivity contribution in [3.8, 4) is 0 Å². The van der Waals surface area contributed by atoms with Crippen LogP contribution in [0.1, 0.15) is 62.9 Å². The molecule has 0 aromatic carbocycles. The fourth-order valence-electron chi connectivity index (χ4n) is 3.86. The van der Waals surface area contributed by atoms with Crippen LogP contribution < -0.4 is 5.32 Å². The van der Waals surface area contributed by atoms with Crippen molar-refractivity contribution in [2.45, 2.75) is 52.7 Å². The molecule has 29 heavy (non-hydrogen) atoms. The zero-order chi connectivity index (χ0) is 20.4. The van der Waals surface area contributed by atoms with E-state index in [0.717, 1.165) is 55.2 Å². The highest BCUT2D eigenvalue weighted by atomic mass is 32.1. The van der Waals surface area contributed by atoms with Gasteiger partial charge in [0.05, 0.1) is 23.0 Å². The van der Waals surface area contributed by atoms with E-state index in [2.05, 4.69) is 27.3 Å². The first-order valence-corrected chi connectivity index (χ1v) is 10.9. The summed E-state index contributed by atoms with van der Waals surface area (Å²) in [5, 5.41) is 9.23. The summed E-state index contributed by atoms with van der Waals surface area (Å²) >= 11 is 1.68. The normalized spacial score (nSPS) is 15.1. The maximum atomic E-state index is 13.0. The van der Waals surface area contributed by atoms with Crippen LogP contribution in [0.3, 0.4) is 0 Å². The van der Waals surface area contributed by atoms with Gasteiger partial charge in [0.15, 0.2) is 0 Å². The van der Waals surface area contributed by atoms with E-state index in [4.69, 9.17) is 4.52 Å². The maximum absolute atomic E-state index is 13.0. The number of aromatic nitrogens is 2. The standard InChI is InChI=1S/C22H26N4O2S/c1-4-19(20-7-5-6-9-23-20)24-22(27)18-13-29-21-12-26(10-8-16(18)21)11-17-14(2)25-28-15(17)3/h5-7,9,13,19H,4,8,10-12H2,1-3H3,(H,24,27)/t19-/m1/s1. The van der Waals surface area contributed by atoms with Gasteiger partial charge < -0.3 is 9.84 Å². The van der Waals surface area contributed by atoms with Gasteiger partial charge in [-0.2, -0.15) is 0 Å². The van der Waals surface area contributed by atoms with Gasteiger partial charge in [-0.25, -0.2) is 0 Å². The molecule has 0 aliphatic carbocycles. The van der Waals surface area contributed by atoms with Crippen molar-refractivity contribution in [3.63, 3.8) is 0 Å². The third kappa shape index (κ3) is 4.11. The Morgan fingerprint density at radius 2 is 2.24 bits per heavy atom. The van der Waals surface area contributed by atoms with Crippen molar-refractivity contribution >= 4 is 17.2 Å². The van der Waals surface area contributed by atoms with Crippen molar-refractivity contribution in [2.24, 2.45) is 0 Å². The number of pyridine rings is 1. The van der Waals surface area contributed by atoms with Crippen molar-refractivity contribution in [1.29, 1.82) is 0 Å². The second-order valence-electron chi connectivity index (χ2n) is 7.50. The number of hydrogen-bond donors (Lipinski definition) is 1. The molecule has 7 heteroatoms. The zero-order valence-corrected chi connectivity index (χ0v) is 17.9. The molecule has 1 amide bonds. The minimum atomic E-state index is -0.0705. The van der Waals surface area contributed by atoms with E-state index in [0.29, 0.717) is 0 Å². The first-order chi connectivity index (χ1) is 14.1. The molecule has 0 fully saturated rings. The second-order valence-corrected chi connectivity index (χ2v) is 8.47. The van der Waals surface area contributed by atoms with Crippen LogP contribution in [0.2, 0.25) is 0 Å². The van der Waals surface area contributed by atoms with Gasteiger partial charge in [0.1, 0.15) is 5.76 Å². The molecule has 0 unspecified atom stereocenters. The summed E-state index contributed by atoms with van der Waals surface area (Å²) in [4.78, 5) is 21.1. The van der Waals surface area contributed by atoms with Crippen molar-refractivity contribution < 1.29 is 9.32 Å². The summed E-state index contributed by atoms with van der Waals surface area (Å²) < 4.78 is 5.29. The first-order valence-electron chi connectivity index (χ1n) is 10.0. The Morgan fingerprint density at radius 1 is 1.38 bits per heavy atom. The van der Waals surface area contributed by atoms with Gasteiger partial charge in [-0.15, -0.1) is 11.3 Å². The number of nitrogens with zero attached hydrogens (tertiary/aromatic N) is 3. The van der Waals surface area contributed by atoms with Gasteiger partial charge in [-0.3, -0.25) is 14.7 Å². The maximum Gasteiger partial charge on any atom is 0.252 e. The molecule has 0 bridgehead atoms. The topological polar surface area (TPSA) is 71.3 Å². The Balaban J connectivity index is 1.45. The lowest BCUT2D eigenvalue weighted by atomic mass is 10.0. The van der Waals surface area contributed by atoms with Gasteiger partial charge >= 0.3 is 0 Å². The molecule has 6 nitrogen and oxygen atoms in total. The molecule has 0 spiro atoms. The van der Waals surface area contributed by atoms with E-state index in [1.807, 2.05) is 37.4 Å². The van der Waals surface area contributed by atoms with Gasteiger partial charge in [0.25, 0.3) is 5.91 Å². The summed E-state index contributed by atoms with van der Waals surface area (Å²) in [7, 11) is 0. The monoisotopic (exact) mass is 410 g/mol. The van der Waals surface area contributed by atoms with Crippen LogP contribution in [0.15, 0.2) is 34.3 Å². The van der Waals surface area contributed by atoms with E-state index in [1.54, 1.807) is 17.5 Å². The predicted molar refractivity (Wildman–Crippen MR) is 113 cm³/mol. The van der Waals surface area contributed by atoms with Crippen LogP contribution in [-0.4, -0.2) is 27.5 Å². The van der Waals surface area contributed by atoms with Crippen molar-refractivity contribution in [1.82, 2.24) is 20.4 Å². The van der Waals surface area contributed by atoms with Crippen LogP contribution in [-0.2, 0) is 19.5 Å². The highest BCUT2D eigenvalue weighted by molar-refractivity contribution is 7.10. The molecule has 0 radical (unpaired) electrons. The molecular weight excluding hydrogens is 384 g/mol. The van der Waals surface area contributed by atoms with E-state index in [9.17, 15) is 4.79 Å². The largest absolute Gasteiger partial charge is 0.361 e. The SMILES string of the molecule is CC[C@@H](NC(=O)c1csc2c1CCN(Cc1c(C)noc1C)C2)c1ccccn1. The summed E-state index contributed by atoms with van der Waals surface area (Å²) in [5.41, 5.74) is 5.04. The van der Waals surface area contributed by atoms with Gasteiger partial charge in [-0.05, 0) is 44.4 Å². The molecule has 152 valence electrons. The van der Waals surface area contributed by atoms with Crippen molar-refractivity contribution in [2.75, 3.05) is 6.54 Å². The average molecular weight is 411 g/mol. The molecule has 4 rings (SSSR count). The molecule has 1 aliphatic rings. The lowest BCUT2D eigenvalue weighted by molar-refractivity contribution is 0.0933. The molecule has 3 aromatic heterocycles. The fourth-order valence-corrected chi connectivity index (χ4v) is 4.98. The molecule has 4 heterocycles. The molecule has 1 N–H and O–H groups in total. The lowest BCUT2D eigenvalue weighted by Crippen LogP contribution is -2.32. The Kier molecular flexibility index (Phi) is 5.78. The highest BCUT2D eigenvalue weighted by Crippen LogP contribution is 2.30. The third-order valence-electron chi connectivity index (χ3n) is 5.59.